The normalized spacial score (nSPS) is 12.1. The molecule has 19 heavy (non-hydrogen) atoms. The average Bonchev–Trinajstić information content (AvgIpc) is 2.36. The molecular weight excluding hydrogens is 268 g/mol. The summed E-state index contributed by atoms with van der Waals surface area (Å²) in [5.74, 6) is -0.667. The van der Waals surface area contributed by atoms with Gasteiger partial charge in [-0.05, 0) is 24.5 Å². The van der Waals surface area contributed by atoms with Crippen LogP contribution in [0.5, 0.6) is 0 Å². The van der Waals surface area contributed by atoms with Crippen LogP contribution in [0.15, 0.2) is 18.3 Å². The third-order valence-electron chi connectivity index (χ3n) is 2.45. The summed E-state index contributed by atoms with van der Waals surface area (Å²) in [4.78, 5) is 27.5. The number of carbonyl (C=O) groups excluding carboxylic acids is 2. The van der Waals surface area contributed by atoms with Crippen molar-refractivity contribution >= 4 is 23.5 Å². The summed E-state index contributed by atoms with van der Waals surface area (Å²) in [5, 5.41) is 3.02. The summed E-state index contributed by atoms with van der Waals surface area (Å²) in [7, 11) is 1.29. The van der Waals surface area contributed by atoms with E-state index in [0.717, 1.165) is 0 Å². The van der Waals surface area contributed by atoms with Crippen LogP contribution < -0.4 is 5.32 Å². The highest BCUT2D eigenvalue weighted by atomic mass is 35.5. The lowest BCUT2D eigenvalue weighted by molar-refractivity contribution is -0.143. The molecular formula is C13H17ClN2O3. The molecule has 1 aromatic rings. The smallest absolute Gasteiger partial charge is 0.328 e. The van der Waals surface area contributed by atoms with Gasteiger partial charge in [0.1, 0.15) is 11.7 Å². The van der Waals surface area contributed by atoms with Crippen molar-refractivity contribution in [2.45, 2.75) is 26.3 Å². The number of nitrogens with zero attached hydrogens (tertiary/aromatic N) is 1. The number of nitrogens with one attached hydrogen (secondary N) is 1. The summed E-state index contributed by atoms with van der Waals surface area (Å²) in [6.45, 7) is 3.92. The molecule has 1 amide bonds. The molecule has 1 N–H and O–H groups in total. The van der Waals surface area contributed by atoms with E-state index in [1.165, 1.54) is 19.4 Å². The SMILES string of the molecule is COC(=O)C(CC(C)C)NC(=O)c1cc(Cl)ccn1. The quantitative estimate of drug-likeness (QED) is 0.840. The zero-order valence-corrected chi connectivity index (χ0v) is 11.9. The summed E-state index contributed by atoms with van der Waals surface area (Å²) in [6, 6.07) is 2.34. The van der Waals surface area contributed by atoms with Gasteiger partial charge in [-0.1, -0.05) is 25.4 Å². The lowest BCUT2D eigenvalue weighted by Gasteiger charge is -2.18. The Bertz CT molecular complexity index is 463. The van der Waals surface area contributed by atoms with Gasteiger partial charge < -0.3 is 10.1 Å². The number of carbonyl (C=O) groups is 2. The molecule has 0 bridgehead atoms. The van der Waals surface area contributed by atoms with E-state index in [1.54, 1.807) is 6.07 Å². The number of methoxy groups -OCH3 is 1. The van der Waals surface area contributed by atoms with E-state index in [1.807, 2.05) is 13.8 Å². The van der Waals surface area contributed by atoms with Crippen molar-refractivity contribution in [1.82, 2.24) is 10.3 Å². The molecule has 6 heteroatoms. The van der Waals surface area contributed by atoms with Crippen LogP contribution in [0.3, 0.4) is 0 Å². The lowest BCUT2D eigenvalue weighted by Crippen LogP contribution is -2.42. The first-order chi connectivity index (χ1) is 8.93. The first-order valence-corrected chi connectivity index (χ1v) is 6.32. The molecule has 0 spiro atoms. The Morgan fingerprint density at radius 1 is 1.47 bits per heavy atom. The molecule has 0 fully saturated rings. The number of aromatic nitrogens is 1. The number of hydrogen-bond acceptors (Lipinski definition) is 4. The van der Waals surface area contributed by atoms with Gasteiger partial charge in [0.05, 0.1) is 7.11 Å². The fraction of sp³-hybridized carbons (Fsp3) is 0.462. The Hall–Kier alpha value is -1.62. The Balaban J connectivity index is 2.78. The fourth-order valence-electron chi connectivity index (χ4n) is 1.59. The van der Waals surface area contributed by atoms with Gasteiger partial charge in [-0.3, -0.25) is 9.78 Å². The number of halogens is 1. The van der Waals surface area contributed by atoms with Crippen molar-refractivity contribution in [2.75, 3.05) is 7.11 Å². The van der Waals surface area contributed by atoms with Crippen LogP contribution in [-0.4, -0.2) is 30.0 Å². The number of esters is 1. The van der Waals surface area contributed by atoms with E-state index in [4.69, 9.17) is 11.6 Å². The summed E-state index contributed by atoms with van der Waals surface area (Å²) < 4.78 is 4.67. The number of rotatable bonds is 5. The Kier molecular flexibility index (Phi) is 5.76. The van der Waals surface area contributed by atoms with E-state index >= 15 is 0 Å². The standard InChI is InChI=1S/C13H17ClN2O3/c1-8(2)6-11(13(18)19-3)16-12(17)10-7-9(14)4-5-15-10/h4-5,7-8,11H,6H2,1-3H3,(H,16,17). The van der Waals surface area contributed by atoms with Crippen molar-refractivity contribution in [1.29, 1.82) is 0 Å². The van der Waals surface area contributed by atoms with Gasteiger partial charge in [-0.15, -0.1) is 0 Å². The maximum atomic E-state index is 12.0. The molecule has 5 nitrogen and oxygen atoms in total. The van der Waals surface area contributed by atoms with Gasteiger partial charge >= 0.3 is 5.97 Å². The minimum atomic E-state index is -0.682. The number of hydrogen-bond donors (Lipinski definition) is 1. The molecule has 104 valence electrons. The first-order valence-electron chi connectivity index (χ1n) is 5.94. The first kappa shape index (κ1) is 15.4. The number of ether oxygens (including phenoxy) is 1. The van der Waals surface area contributed by atoms with Gasteiger partial charge in [0.15, 0.2) is 0 Å². The lowest BCUT2D eigenvalue weighted by atomic mass is 10.0. The van der Waals surface area contributed by atoms with E-state index < -0.39 is 17.9 Å². The largest absolute Gasteiger partial charge is 0.467 e. The third kappa shape index (κ3) is 4.87. The van der Waals surface area contributed by atoms with Crippen molar-refractivity contribution < 1.29 is 14.3 Å². The van der Waals surface area contributed by atoms with E-state index in [0.29, 0.717) is 11.4 Å². The van der Waals surface area contributed by atoms with Crippen LogP contribution in [0.4, 0.5) is 0 Å². The van der Waals surface area contributed by atoms with Crippen LogP contribution in [-0.2, 0) is 9.53 Å². The number of amides is 1. The Labute approximate surface area is 117 Å². The third-order valence-corrected chi connectivity index (χ3v) is 2.69. The monoisotopic (exact) mass is 284 g/mol. The highest BCUT2D eigenvalue weighted by Crippen LogP contribution is 2.10. The van der Waals surface area contributed by atoms with Crippen molar-refractivity contribution in [3.63, 3.8) is 0 Å². The molecule has 1 heterocycles. The van der Waals surface area contributed by atoms with Crippen molar-refractivity contribution in [3.05, 3.63) is 29.0 Å². The fourth-order valence-corrected chi connectivity index (χ4v) is 1.75. The van der Waals surface area contributed by atoms with Crippen LogP contribution in [0, 0.1) is 5.92 Å². The Morgan fingerprint density at radius 3 is 2.68 bits per heavy atom. The maximum absolute atomic E-state index is 12.0. The Morgan fingerprint density at radius 2 is 2.16 bits per heavy atom. The molecule has 0 saturated carbocycles. The van der Waals surface area contributed by atoms with Gasteiger partial charge in [-0.2, -0.15) is 0 Å². The molecule has 0 aliphatic carbocycles. The van der Waals surface area contributed by atoms with Crippen LogP contribution in [0.1, 0.15) is 30.8 Å². The number of pyridine rings is 1. The predicted octanol–water partition coefficient (Wildman–Crippen LogP) is 2.05. The molecule has 0 radical (unpaired) electrons. The molecule has 0 aliphatic rings. The second kappa shape index (κ2) is 7.09. The van der Waals surface area contributed by atoms with Crippen molar-refractivity contribution in [2.24, 2.45) is 5.92 Å². The molecule has 0 aliphatic heterocycles. The summed E-state index contributed by atoms with van der Waals surface area (Å²) in [5.41, 5.74) is 0.171. The van der Waals surface area contributed by atoms with Crippen LogP contribution >= 0.6 is 11.6 Å². The van der Waals surface area contributed by atoms with Crippen molar-refractivity contribution in [3.8, 4) is 0 Å². The minimum absolute atomic E-state index is 0.171. The van der Waals surface area contributed by atoms with Gasteiger partial charge in [-0.25, -0.2) is 4.79 Å². The zero-order valence-electron chi connectivity index (χ0n) is 11.1. The van der Waals surface area contributed by atoms with Crippen LogP contribution in [0.2, 0.25) is 5.02 Å². The van der Waals surface area contributed by atoms with E-state index in [9.17, 15) is 9.59 Å². The van der Waals surface area contributed by atoms with Gasteiger partial charge in [0.2, 0.25) is 0 Å². The molecule has 1 unspecified atom stereocenters. The zero-order chi connectivity index (χ0) is 14.4. The molecule has 1 aromatic heterocycles. The average molecular weight is 285 g/mol. The predicted molar refractivity (Wildman–Crippen MR) is 72.0 cm³/mol. The molecule has 1 rings (SSSR count). The minimum Gasteiger partial charge on any atom is -0.467 e. The van der Waals surface area contributed by atoms with Gasteiger partial charge in [0.25, 0.3) is 5.91 Å². The van der Waals surface area contributed by atoms with E-state index in [-0.39, 0.29) is 11.6 Å². The molecule has 0 saturated heterocycles. The highest BCUT2D eigenvalue weighted by Gasteiger charge is 2.23. The second-order valence-corrected chi connectivity index (χ2v) is 4.97. The maximum Gasteiger partial charge on any atom is 0.328 e. The highest BCUT2D eigenvalue weighted by molar-refractivity contribution is 6.30. The summed E-state index contributed by atoms with van der Waals surface area (Å²) >= 11 is 5.79. The summed E-state index contributed by atoms with van der Waals surface area (Å²) in [6.07, 6.45) is 1.94. The van der Waals surface area contributed by atoms with E-state index in [2.05, 4.69) is 15.0 Å². The second-order valence-electron chi connectivity index (χ2n) is 4.54. The van der Waals surface area contributed by atoms with Gasteiger partial charge in [0, 0.05) is 11.2 Å². The molecule has 0 aromatic carbocycles. The molecule has 1 atom stereocenters. The van der Waals surface area contributed by atoms with Crippen LogP contribution in [0.25, 0.3) is 0 Å². The topological polar surface area (TPSA) is 68.3 Å².